The van der Waals surface area contributed by atoms with Crippen molar-refractivity contribution in [1.29, 1.82) is 0 Å². The molecule has 0 aromatic rings. The van der Waals surface area contributed by atoms with Crippen LogP contribution in [0.2, 0.25) is 0 Å². The first-order valence-electron chi connectivity index (χ1n) is 5.34. The highest BCUT2D eigenvalue weighted by molar-refractivity contribution is 4.89. The molecular weight excluding hydrogens is 160 g/mol. The van der Waals surface area contributed by atoms with Crippen LogP contribution in [0.15, 0.2) is 0 Å². The molecule has 1 fully saturated rings. The molecule has 0 radical (unpaired) electrons. The van der Waals surface area contributed by atoms with E-state index in [0.29, 0.717) is 17.5 Å². The van der Waals surface area contributed by atoms with Crippen LogP contribution in [0.25, 0.3) is 0 Å². The Morgan fingerprint density at radius 1 is 1.46 bits per heavy atom. The monoisotopic (exact) mass is 184 g/mol. The summed E-state index contributed by atoms with van der Waals surface area (Å²) in [5.74, 6) is 0. The normalized spacial score (nSPS) is 27.5. The first-order chi connectivity index (χ1) is 5.91. The first kappa shape index (κ1) is 11.0. The molecule has 2 heteroatoms. The molecule has 13 heavy (non-hydrogen) atoms. The third kappa shape index (κ3) is 3.28. The molecule has 0 spiro atoms. The van der Waals surface area contributed by atoms with Crippen molar-refractivity contribution in [3.8, 4) is 0 Å². The fourth-order valence-corrected chi connectivity index (χ4v) is 1.92. The van der Waals surface area contributed by atoms with Crippen LogP contribution in [0.4, 0.5) is 0 Å². The molecule has 0 aromatic carbocycles. The number of nitrogens with one attached hydrogen (secondary N) is 1. The van der Waals surface area contributed by atoms with E-state index in [2.05, 4.69) is 45.0 Å². The number of hydrogen-bond acceptors (Lipinski definition) is 2. The first-order valence-corrected chi connectivity index (χ1v) is 5.34. The molecule has 0 bridgehead atoms. The Labute approximate surface area is 82.7 Å². The maximum atomic E-state index is 3.59. The molecule has 1 atom stereocenters. The Hall–Kier alpha value is -0.0800. The number of hydrogen-bond donors (Lipinski definition) is 1. The molecule has 1 aliphatic heterocycles. The minimum Gasteiger partial charge on any atom is -0.312 e. The van der Waals surface area contributed by atoms with Gasteiger partial charge in [0.25, 0.3) is 0 Å². The Morgan fingerprint density at radius 2 is 2.08 bits per heavy atom. The number of likely N-dealkylation sites (N-methyl/N-ethyl adjacent to an activating group) is 1. The summed E-state index contributed by atoms with van der Waals surface area (Å²) in [6.07, 6.45) is 1.31. The van der Waals surface area contributed by atoms with E-state index < -0.39 is 0 Å². The van der Waals surface area contributed by atoms with Crippen LogP contribution >= 0.6 is 0 Å². The van der Waals surface area contributed by atoms with E-state index in [1.165, 1.54) is 19.5 Å². The maximum absolute atomic E-state index is 3.59. The highest BCUT2D eigenvalue weighted by atomic mass is 15.2. The summed E-state index contributed by atoms with van der Waals surface area (Å²) in [5, 5.41) is 3.59. The van der Waals surface area contributed by atoms with E-state index in [4.69, 9.17) is 0 Å². The van der Waals surface area contributed by atoms with Gasteiger partial charge >= 0.3 is 0 Å². The molecule has 0 aliphatic carbocycles. The van der Waals surface area contributed by atoms with Gasteiger partial charge in [-0.25, -0.2) is 0 Å². The van der Waals surface area contributed by atoms with Gasteiger partial charge in [0.2, 0.25) is 0 Å². The van der Waals surface area contributed by atoms with Gasteiger partial charge in [0.1, 0.15) is 0 Å². The summed E-state index contributed by atoms with van der Waals surface area (Å²) in [5.41, 5.74) is 0.502. The highest BCUT2D eigenvalue weighted by Crippen LogP contribution is 2.27. The molecule has 1 heterocycles. The van der Waals surface area contributed by atoms with Gasteiger partial charge in [0, 0.05) is 25.2 Å². The highest BCUT2D eigenvalue weighted by Gasteiger charge is 2.30. The van der Waals surface area contributed by atoms with Crippen molar-refractivity contribution < 1.29 is 0 Å². The second-order valence-corrected chi connectivity index (χ2v) is 5.48. The van der Waals surface area contributed by atoms with Crippen LogP contribution in [0.3, 0.4) is 0 Å². The van der Waals surface area contributed by atoms with Crippen molar-refractivity contribution in [2.24, 2.45) is 5.41 Å². The lowest BCUT2D eigenvalue weighted by Gasteiger charge is -2.25. The van der Waals surface area contributed by atoms with Gasteiger partial charge < -0.3 is 10.2 Å². The standard InChI is InChI=1S/C11H24N2/c1-9(2)13(5)7-10-6-11(3,4)8-12-10/h9-10,12H,6-8H2,1-5H3. The largest absolute Gasteiger partial charge is 0.312 e. The molecule has 1 unspecified atom stereocenters. The van der Waals surface area contributed by atoms with Crippen LogP contribution in [0.1, 0.15) is 34.1 Å². The number of rotatable bonds is 3. The van der Waals surface area contributed by atoms with Crippen molar-refractivity contribution in [2.45, 2.75) is 46.2 Å². The SMILES string of the molecule is CC(C)N(C)CC1CC(C)(C)CN1. The Morgan fingerprint density at radius 3 is 2.46 bits per heavy atom. The minimum absolute atomic E-state index is 0.502. The zero-order chi connectivity index (χ0) is 10.1. The van der Waals surface area contributed by atoms with Crippen LogP contribution in [0, 0.1) is 5.41 Å². The average Bonchev–Trinajstić information content (AvgIpc) is 2.30. The average molecular weight is 184 g/mol. The predicted molar refractivity (Wildman–Crippen MR) is 58.0 cm³/mol. The van der Waals surface area contributed by atoms with Crippen LogP contribution in [-0.2, 0) is 0 Å². The molecule has 1 N–H and O–H groups in total. The van der Waals surface area contributed by atoms with Crippen LogP contribution in [0.5, 0.6) is 0 Å². The van der Waals surface area contributed by atoms with Gasteiger partial charge in [0.05, 0.1) is 0 Å². The van der Waals surface area contributed by atoms with Gasteiger partial charge in [-0.3, -0.25) is 0 Å². The van der Waals surface area contributed by atoms with Gasteiger partial charge in [-0.1, -0.05) is 13.8 Å². The fraction of sp³-hybridized carbons (Fsp3) is 1.00. The Bertz CT molecular complexity index is 163. The molecule has 1 rings (SSSR count). The summed E-state index contributed by atoms with van der Waals surface area (Å²) in [6, 6.07) is 1.35. The topological polar surface area (TPSA) is 15.3 Å². The summed E-state index contributed by atoms with van der Waals surface area (Å²) in [6.45, 7) is 11.5. The smallest absolute Gasteiger partial charge is 0.0200 e. The molecule has 0 amide bonds. The summed E-state index contributed by atoms with van der Waals surface area (Å²) in [4.78, 5) is 2.42. The lowest BCUT2D eigenvalue weighted by atomic mass is 9.90. The van der Waals surface area contributed by atoms with Crippen molar-refractivity contribution >= 4 is 0 Å². The molecule has 78 valence electrons. The molecule has 1 aliphatic rings. The van der Waals surface area contributed by atoms with Crippen molar-refractivity contribution in [3.63, 3.8) is 0 Å². The van der Waals surface area contributed by atoms with Crippen LogP contribution < -0.4 is 5.32 Å². The quantitative estimate of drug-likeness (QED) is 0.718. The summed E-state index contributed by atoms with van der Waals surface area (Å²) >= 11 is 0. The summed E-state index contributed by atoms with van der Waals surface area (Å²) in [7, 11) is 2.21. The van der Waals surface area contributed by atoms with Gasteiger partial charge in [-0.05, 0) is 32.7 Å². The molecule has 0 aromatic heterocycles. The maximum Gasteiger partial charge on any atom is 0.0200 e. The van der Waals surface area contributed by atoms with E-state index in [0.717, 1.165) is 0 Å². The second-order valence-electron chi connectivity index (χ2n) is 5.48. The lowest BCUT2D eigenvalue weighted by Crippen LogP contribution is -2.38. The van der Waals surface area contributed by atoms with Crippen molar-refractivity contribution in [2.75, 3.05) is 20.1 Å². The molecule has 0 saturated carbocycles. The fourth-order valence-electron chi connectivity index (χ4n) is 1.92. The molecule has 1 saturated heterocycles. The third-order valence-electron chi connectivity index (χ3n) is 3.06. The van der Waals surface area contributed by atoms with E-state index in [1.54, 1.807) is 0 Å². The van der Waals surface area contributed by atoms with E-state index in [9.17, 15) is 0 Å². The Balaban J connectivity index is 2.32. The zero-order valence-corrected chi connectivity index (χ0v) is 9.72. The molecule has 2 nitrogen and oxygen atoms in total. The summed E-state index contributed by atoms with van der Waals surface area (Å²) < 4.78 is 0. The predicted octanol–water partition coefficient (Wildman–Crippen LogP) is 1.71. The molecular formula is C11H24N2. The van der Waals surface area contributed by atoms with Gasteiger partial charge in [-0.15, -0.1) is 0 Å². The zero-order valence-electron chi connectivity index (χ0n) is 9.72. The van der Waals surface area contributed by atoms with Crippen molar-refractivity contribution in [3.05, 3.63) is 0 Å². The van der Waals surface area contributed by atoms with E-state index in [-0.39, 0.29) is 0 Å². The number of nitrogens with zero attached hydrogens (tertiary/aromatic N) is 1. The van der Waals surface area contributed by atoms with Gasteiger partial charge in [0.15, 0.2) is 0 Å². The van der Waals surface area contributed by atoms with Crippen molar-refractivity contribution in [1.82, 2.24) is 10.2 Å². The van der Waals surface area contributed by atoms with E-state index in [1.807, 2.05) is 0 Å². The third-order valence-corrected chi connectivity index (χ3v) is 3.06. The van der Waals surface area contributed by atoms with Crippen LogP contribution in [-0.4, -0.2) is 37.1 Å². The van der Waals surface area contributed by atoms with Gasteiger partial charge in [-0.2, -0.15) is 0 Å². The second kappa shape index (κ2) is 3.97. The Kier molecular flexibility index (Phi) is 3.36. The van der Waals surface area contributed by atoms with E-state index >= 15 is 0 Å². The lowest BCUT2D eigenvalue weighted by molar-refractivity contribution is 0.244. The minimum atomic E-state index is 0.502.